The van der Waals surface area contributed by atoms with Gasteiger partial charge in [-0.15, -0.1) is 22.7 Å². The van der Waals surface area contributed by atoms with Gasteiger partial charge in [-0.3, -0.25) is 9.59 Å². The number of benzene rings is 2. The van der Waals surface area contributed by atoms with Crippen molar-refractivity contribution in [3.8, 4) is 0 Å². The molecule has 4 rings (SSSR count). The second-order valence-electron chi connectivity index (χ2n) is 7.87. The van der Waals surface area contributed by atoms with Crippen LogP contribution in [0.1, 0.15) is 32.5 Å². The minimum absolute atomic E-state index is 0.0636. The highest BCUT2D eigenvalue weighted by molar-refractivity contribution is 7.10. The monoisotopic (exact) mass is 474 g/mol. The largest absolute Gasteiger partial charge is 0.350 e. The summed E-state index contributed by atoms with van der Waals surface area (Å²) in [6.45, 7) is 2.81. The summed E-state index contributed by atoms with van der Waals surface area (Å²) >= 11 is 3.15. The van der Waals surface area contributed by atoms with Gasteiger partial charge in [0.15, 0.2) is 0 Å². The number of rotatable bonds is 9. The van der Waals surface area contributed by atoms with Gasteiger partial charge in [-0.2, -0.15) is 0 Å². The normalized spacial score (nSPS) is 11.7. The lowest BCUT2D eigenvalue weighted by Crippen LogP contribution is -2.43. The zero-order chi connectivity index (χ0) is 23.0. The summed E-state index contributed by atoms with van der Waals surface area (Å²) in [5.41, 5.74) is 2.93. The maximum Gasteiger partial charge on any atom is 0.247 e. The molecule has 168 valence electrons. The summed E-state index contributed by atoms with van der Waals surface area (Å²) in [5.74, 6) is -0.245. The molecule has 33 heavy (non-hydrogen) atoms. The molecule has 2 aromatic carbocycles. The third-order valence-electron chi connectivity index (χ3n) is 5.39. The zero-order valence-corrected chi connectivity index (χ0v) is 20.1. The van der Waals surface area contributed by atoms with Gasteiger partial charge in [0.25, 0.3) is 0 Å². The lowest BCUT2D eigenvalue weighted by atomic mass is 10.0. The van der Waals surface area contributed by atoms with Crippen LogP contribution in [0.5, 0.6) is 0 Å². The van der Waals surface area contributed by atoms with Crippen LogP contribution in [0.4, 0.5) is 0 Å². The lowest BCUT2D eigenvalue weighted by Gasteiger charge is -2.31. The summed E-state index contributed by atoms with van der Waals surface area (Å²) in [7, 11) is 0. The van der Waals surface area contributed by atoms with E-state index in [4.69, 9.17) is 0 Å². The van der Waals surface area contributed by atoms with Gasteiger partial charge in [0.1, 0.15) is 6.04 Å². The molecular formula is C27H26N2O2S2. The number of nitrogens with zero attached hydrogens (tertiary/aromatic N) is 1. The third kappa shape index (κ3) is 6.18. The Bertz CT molecular complexity index is 1150. The van der Waals surface area contributed by atoms with Gasteiger partial charge in [0, 0.05) is 16.3 Å². The Morgan fingerprint density at radius 3 is 2.15 bits per heavy atom. The van der Waals surface area contributed by atoms with Crippen molar-refractivity contribution in [2.75, 3.05) is 0 Å². The molecule has 0 aliphatic rings. The Kier molecular flexibility index (Phi) is 7.70. The summed E-state index contributed by atoms with van der Waals surface area (Å²) in [6.07, 6.45) is 0.275. The van der Waals surface area contributed by atoms with Gasteiger partial charge in [0.2, 0.25) is 11.8 Å². The van der Waals surface area contributed by atoms with Gasteiger partial charge in [-0.1, -0.05) is 72.3 Å². The number of carbonyl (C=O) groups is 2. The van der Waals surface area contributed by atoms with Crippen molar-refractivity contribution in [1.82, 2.24) is 10.2 Å². The Labute approximate surface area is 202 Å². The maximum absolute atomic E-state index is 13.6. The van der Waals surface area contributed by atoms with E-state index in [9.17, 15) is 9.59 Å². The summed E-state index contributed by atoms with van der Waals surface area (Å²) in [4.78, 5) is 30.9. The number of hydrogen-bond donors (Lipinski definition) is 1. The van der Waals surface area contributed by atoms with Crippen molar-refractivity contribution in [2.45, 2.75) is 32.5 Å². The minimum Gasteiger partial charge on any atom is -0.350 e. The van der Waals surface area contributed by atoms with Crippen LogP contribution < -0.4 is 5.32 Å². The second kappa shape index (κ2) is 11.1. The Morgan fingerprint density at radius 2 is 1.52 bits per heavy atom. The van der Waals surface area contributed by atoms with Gasteiger partial charge in [-0.25, -0.2) is 0 Å². The van der Waals surface area contributed by atoms with Crippen LogP contribution in [0.25, 0.3) is 0 Å². The molecule has 0 spiro atoms. The molecule has 0 aliphatic heterocycles. The van der Waals surface area contributed by atoms with Gasteiger partial charge in [0.05, 0.1) is 13.0 Å². The van der Waals surface area contributed by atoms with Crippen molar-refractivity contribution in [1.29, 1.82) is 0 Å². The molecule has 0 bridgehead atoms. The SMILES string of the molecule is Cc1ccc([C@@H](C(=O)NCc2ccccc2)N(Cc2cccs2)C(=O)Cc2cccs2)cc1. The molecule has 2 aromatic heterocycles. The van der Waals surface area contributed by atoms with Crippen LogP contribution in [0.15, 0.2) is 89.6 Å². The third-order valence-corrected chi connectivity index (χ3v) is 7.13. The molecule has 2 heterocycles. The molecule has 4 aromatic rings. The molecule has 1 atom stereocenters. The quantitative estimate of drug-likeness (QED) is 0.336. The highest BCUT2D eigenvalue weighted by Gasteiger charge is 2.31. The van der Waals surface area contributed by atoms with Crippen molar-refractivity contribution in [2.24, 2.45) is 0 Å². The fourth-order valence-corrected chi connectivity index (χ4v) is 5.06. The number of aryl methyl sites for hydroxylation is 1. The zero-order valence-electron chi connectivity index (χ0n) is 18.4. The average molecular weight is 475 g/mol. The van der Waals surface area contributed by atoms with E-state index >= 15 is 0 Å². The number of amides is 2. The first kappa shape index (κ1) is 23.0. The molecule has 0 radical (unpaired) electrons. The fraction of sp³-hybridized carbons (Fsp3) is 0.185. The topological polar surface area (TPSA) is 49.4 Å². The van der Waals surface area contributed by atoms with Crippen LogP contribution in [0.2, 0.25) is 0 Å². The molecule has 0 saturated heterocycles. The first-order valence-corrected chi connectivity index (χ1v) is 12.6. The van der Waals surface area contributed by atoms with Crippen LogP contribution in [0, 0.1) is 6.92 Å². The molecule has 2 amide bonds. The molecule has 4 nitrogen and oxygen atoms in total. The van der Waals surface area contributed by atoms with Crippen LogP contribution in [-0.2, 0) is 29.1 Å². The first-order chi connectivity index (χ1) is 16.1. The smallest absolute Gasteiger partial charge is 0.247 e. The van der Waals surface area contributed by atoms with E-state index in [2.05, 4.69) is 5.32 Å². The van der Waals surface area contributed by atoms with E-state index in [1.54, 1.807) is 27.6 Å². The Hall–Kier alpha value is -3.22. The average Bonchev–Trinajstić information content (AvgIpc) is 3.53. The summed E-state index contributed by atoms with van der Waals surface area (Å²) in [5, 5.41) is 7.02. The predicted octanol–water partition coefficient (Wildman–Crippen LogP) is 5.75. The number of hydrogen-bond acceptors (Lipinski definition) is 4. The lowest BCUT2D eigenvalue weighted by molar-refractivity contribution is -0.141. The van der Waals surface area contributed by atoms with E-state index in [0.29, 0.717) is 13.1 Å². The van der Waals surface area contributed by atoms with Gasteiger partial charge < -0.3 is 10.2 Å². The first-order valence-electron chi connectivity index (χ1n) is 10.8. The predicted molar refractivity (Wildman–Crippen MR) is 135 cm³/mol. The number of carbonyl (C=O) groups excluding carboxylic acids is 2. The molecular weight excluding hydrogens is 448 g/mol. The minimum atomic E-state index is -0.719. The summed E-state index contributed by atoms with van der Waals surface area (Å²) in [6, 6.07) is 24.8. The highest BCUT2D eigenvalue weighted by atomic mass is 32.1. The van der Waals surface area contributed by atoms with Crippen molar-refractivity contribution in [3.05, 3.63) is 116 Å². The molecule has 0 unspecified atom stereocenters. The van der Waals surface area contributed by atoms with Gasteiger partial charge in [-0.05, 0) is 40.9 Å². The number of nitrogens with one attached hydrogen (secondary N) is 1. The Morgan fingerprint density at radius 1 is 0.848 bits per heavy atom. The van der Waals surface area contributed by atoms with Crippen molar-refractivity contribution in [3.63, 3.8) is 0 Å². The van der Waals surface area contributed by atoms with Crippen molar-refractivity contribution < 1.29 is 9.59 Å². The van der Waals surface area contributed by atoms with E-state index in [1.165, 1.54) is 0 Å². The standard InChI is InChI=1S/C27H26N2O2S2/c1-20-11-13-22(14-12-20)26(27(31)28-18-21-7-3-2-4-8-21)29(19-24-10-6-16-33-24)25(30)17-23-9-5-15-32-23/h2-16,26H,17-19H2,1H3,(H,28,31)/t26-/m0/s1. The molecule has 0 aliphatic carbocycles. The molecule has 0 fully saturated rings. The van der Waals surface area contributed by atoms with Crippen LogP contribution in [0.3, 0.4) is 0 Å². The van der Waals surface area contributed by atoms with Crippen molar-refractivity contribution >= 4 is 34.5 Å². The molecule has 0 saturated carbocycles. The molecule has 1 N–H and O–H groups in total. The number of thiophene rings is 2. The van der Waals surface area contributed by atoms with Crippen LogP contribution >= 0.6 is 22.7 Å². The Balaban J connectivity index is 1.65. The summed E-state index contributed by atoms with van der Waals surface area (Å²) < 4.78 is 0. The van der Waals surface area contributed by atoms with E-state index in [-0.39, 0.29) is 18.2 Å². The van der Waals surface area contributed by atoms with E-state index in [0.717, 1.165) is 26.4 Å². The molecule has 6 heteroatoms. The second-order valence-corrected chi connectivity index (χ2v) is 9.94. The van der Waals surface area contributed by atoms with E-state index in [1.807, 2.05) is 96.5 Å². The maximum atomic E-state index is 13.6. The van der Waals surface area contributed by atoms with Gasteiger partial charge >= 0.3 is 0 Å². The van der Waals surface area contributed by atoms with Crippen LogP contribution in [-0.4, -0.2) is 16.7 Å². The fourth-order valence-electron chi connectivity index (χ4n) is 3.66. The van der Waals surface area contributed by atoms with E-state index < -0.39 is 6.04 Å². The highest BCUT2D eigenvalue weighted by Crippen LogP contribution is 2.27.